The van der Waals surface area contributed by atoms with Crippen LogP contribution in [0.15, 0.2) is 24.3 Å². The minimum atomic E-state index is -0.906. The number of hydrogen-bond donors (Lipinski definition) is 5. The second-order valence-corrected chi connectivity index (χ2v) is 35.5. The lowest BCUT2D eigenvalue weighted by molar-refractivity contribution is -0.197. The first-order chi connectivity index (χ1) is 56.0. The maximum absolute atomic E-state index is 12.3. The van der Waals surface area contributed by atoms with E-state index in [2.05, 4.69) is 60.8 Å². The number of imide groups is 3. The van der Waals surface area contributed by atoms with E-state index in [0.29, 0.717) is 90.0 Å². The summed E-state index contributed by atoms with van der Waals surface area (Å²) in [6, 6.07) is 0. The molecule has 6 N–H and O–H groups in total. The number of halogens is 1. The third-order valence-corrected chi connectivity index (χ3v) is 18.4. The number of hydrogen-bond acceptors (Lipinski definition) is 31. The molecule has 6 aliphatic heterocycles. The number of alkyl halides is 1. The average Bonchev–Trinajstić information content (AvgIpc) is 1.72. The van der Waals surface area contributed by atoms with E-state index in [9.17, 15) is 71.9 Å². The van der Waals surface area contributed by atoms with Crippen molar-refractivity contribution in [2.45, 2.75) is 216 Å². The smallest absolute Gasteiger partial charge is 0.335 e. The molecule has 692 valence electrons. The SMILES string of the molecule is C.CC(C)(C)OC(=O)CCCCCBr.CC(C)(C)OC(=O)CN1CCN(CCCCN)CCN(CC(=O)OC(C)(C)C)CC1.CC(C)(C)OC(=O)CN1CCNCCN(CC(=O)OC(C)(C)C)CC1.O=C(CCN1C(=O)C=CC1=O)ON1C(=O)CCC1=O.O=C(O)CN1CCN(CCCCNC(=O)CCN2C(=O)C=CC2=O)CCN(CC(=O)O)CC1. The highest BCUT2D eigenvalue weighted by Crippen LogP contribution is 2.18. The molecule has 6 rings (SSSR count). The summed E-state index contributed by atoms with van der Waals surface area (Å²) in [6.45, 7) is 44.8. The minimum Gasteiger partial charge on any atom is -0.480 e. The summed E-state index contributed by atoms with van der Waals surface area (Å²) < 4.78 is 27.0. The van der Waals surface area contributed by atoms with Gasteiger partial charge in [-0.25, -0.2) is 4.79 Å². The molecule has 0 aromatic heterocycles. The number of carbonyl (C=O) groups is 15. The lowest BCUT2D eigenvalue weighted by Crippen LogP contribution is -2.42. The number of carboxylic acids is 2. The van der Waals surface area contributed by atoms with Crippen molar-refractivity contribution in [2.75, 3.05) is 202 Å². The molecule has 0 aromatic carbocycles. The van der Waals surface area contributed by atoms with Crippen LogP contribution in [0.1, 0.15) is 188 Å². The normalized spacial score (nSPS) is 17.7. The van der Waals surface area contributed by atoms with Crippen LogP contribution in [-0.4, -0.2) is 383 Å². The zero-order valence-corrected chi connectivity index (χ0v) is 75.6. The van der Waals surface area contributed by atoms with Gasteiger partial charge in [-0.15, -0.1) is 5.06 Å². The molecule has 0 aliphatic carbocycles. The highest BCUT2D eigenvalue weighted by atomic mass is 79.9. The molecule has 38 heteroatoms. The number of carboxylic acid groups (broad SMARTS) is 2. The molecular formula is C83H145BrN14O23. The van der Waals surface area contributed by atoms with Crippen molar-refractivity contribution in [3.63, 3.8) is 0 Å². The molecular weight excluding hydrogens is 1640 g/mol. The largest absolute Gasteiger partial charge is 0.480 e. The molecule has 4 fully saturated rings. The molecule has 37 nitrogen and oxygen atoms in total. The summed E-state index contributed by atoms with van der Waals surface area (Å²) in [4.78, 5) is 196. The first-order valence-electron chi connectivity index (χ1n) is 41.7. The Kier molecular flexibility index (Phi) is 53.0. The molecule has 0 bridgehead atoms. The van der Waals surface area contributed by atoms with Gasteiger partial charge in [-0.2, -0.15) is 0 Å². The van der Waals surface area contributed by atoms with E-state index < -0.39 is 75.8 Å². The predicted molar refractivity (Wildman–Crippen MR) is 457 cm³/mol. The fourth-order valence-electron chi connectivity index (χ4n) is 12.2. The summed E-state index contributed by atoms with van der Waals surface area (Å²) in [6.07, 6.45) is 11.7. The molecule has 7 amide bonds. The second kappa shape index (κ2) is 57.6. The fraction of sp³-hybridized carbons (Fsp3) is 0.771. The van der Waals surface area contributed by atoms with Gasteiger partial charge in [0.15, 0.2) is 0 Å². The van der Waals surface area contributed by atoms with Crippen LogP contribution in [0.5, 0.6) is 0 Å². The molecule has 6 heterocycles. The standard InChI is InChI=1S/C22H44N4O4.C21H33N5O7.C18H35N3O4.C11H10N2O6.C10H19BrO2.CH4/c1-21(2,3)29-19(27)17-25-13-11-24(10-8-7-9-23)12-14-26(16-15-25)18-20(28)30-22(4,5)6;27-17(5-8-26-18(28)3-4-19(26)29)22-6-1-2-7-23-9-11-24(15-20(30)31)13-14-25(12-10-23)16-21(32)33;1-17(2,3)24-15(22)13-20-9-7-19-8-10-21(12-11-20)14-16(23)25-18(4,5)6;14-7-1-2-8(15)12(7)6-5-11(18)19-13-9(16)3-4-10(13)17;1-10(2,3)13-9(12)7-5-4-6-8-11;/h7-18,23H2,1-6H3;3-4H,1-2,5-16H2,(H,22,27)(H,30,31)(H,32,33);19H,7-14H2,1-6H3;1-2H,3-6H2;4-8H2,1-3H3;1H4. The predicted octanol–water partition coefficient (Wildman–Crippen LogP) is 3.32. The van der Waals surface area contributed by atoms with Crippen molar-refractivity contribution in [1.29, 1.82) is 0 Å². The van der Waals surface area contributed by atoms with Crippen LogP contribution in [0.2, 0.25) is 0 Å². The molecule has 0 spiro atoms. The first-order valence-corrected chi connectivity index (χ1v) is 42.8. The third kappa shape index (κ3) is 55.9. The number of nitrogens with two attached hydrogens (primary N) is 1. The molecule has 0 radical (unpaired) electrons. The summed E-state index contributed by atoms with van der Waals surface area (Å²) in [5.41, 5.74) is 3.37. The number of amides is 7. The maximum atomic E-state index is 12.3. The lowest BCUT2D eigenvalue weighted by Gasteiger charge is -2.27. The van der Waals surface area contributed by atoms with Gasteiger partial charge in [0.1, 0.15) is 28.0 Å². The zero-order chi connectivity index (χ0) is 90.4. The summed E-state index contributed by atoms with van der Waals surface area (Å²) in [7, 11) is 0. The lowest BCUT2D eigenvalue weighted by atomic mass is 10.2. The van der Waals surface area contributed by atoms with Crippen molar-refractivity contribution in [1.82, 2.24) is 64.7 Å². The van der Waals surface area contributed by atoms with Crippen LogP contribution in [0.3, 0.4) is 0 Å². The Morgan fingerprint density at radius 3 is 1.01 bits per heavy atom. The number of nitrogens with one attached hydrogen (secondary N) is 2. The van der Waals surface area contributed by atoms with Crippen LogP contribution >= 0.6 is 15.9 Å². The molecule has 4 saturated heterocycles. The van der Waals surface area contributed by atoms with E-state index in [1.165, 1.54) is 12.2 Å². The third-order valence-electron chi connectivity index (χ3n) is 17.8. The van der Waals surface area contributed by atoms with Crippen molar-refractivity contribution >= 4 is 105 Å². The molecule has 6 aliphatic rings. The monoisotopic (exact) mass is 1780 g/mol. The number of nitrogens with zero attached hydrogens (tertiary/aromatic N) is 11. The summed E-state index contributed by atoms with van der Waals surface area (Å²) in [5, 5.41) is 25.8. The number of carbonyl (C=O) groups excluding carboxylic acids is 13. The van der Waals surface area contributed by atoms with Crippen LogP contribution in [0, 0.1) is 0 Å². The van der Waals surface area contributed by atoms with Crippen molar-refractivity contribution in [3.8, 4) is 0 Å². The molecule has 0 aromatic rings. The quantitative estimate of drug-likeness (QED) is 0.0207. The Labute approximate surface area is 725 Å². The molecule has 0 unspecified atom stereocenters. The van der Waals surface area contributed by atoms with E-state index in [1.54, 1.807) is 0 Å². The van der Waals surface area contributed by atoms with Crippen LogP contribution in [0.25, 0.3) is 0 Å². The minimum absolute atomic E-state index is 0. The number of aliphatic carboxylic acids is 2. The van der Waals surface area contributed by atoms with E-state index in [-0.39, 0.29) is 127 Å². The van der Waals surface area contributed by atoms with E-state index in [0.717, 1.165) is 138 Å². The highest BCUT2D eigenvalue weighted by molar-refractivity contribution is 9.09. The Morgan fingerprint density at radius 2 is 0.686 bits per heavy atom. The van der Waals surface area contributed by atoms with Crippen LogP contribution < -0.4 is 16.4 Å². The van der Waals surface area contributed by atoms with Gasteiger partial charge in [-0.1, -0.05) is 29.8 Å². The van der Waals surface area contributed by atoms with Crippen molar-refractivity contribution in [2.24, 2.45) is 5.73 Å². The number of unbranched alkanes of at least 4 members (excludes halogenated alkanes) is 4. The molecule has 0 saturated carbocycles. The number of hydroxylamine groups is 2. The average molecular weight is 1790 g/mol. The van der Waals surface area contributed by atoms with Gasteiger partial charge in [-0.05, 0) is 162 Å². The number of ether oxygens (including phenoxy) is 5. The number of esters is 5. The van der Waals surface area contributed by atoms with Crippen molar-refractivity contribution < 1.29 is 111 Å². The van der Waals surface area contributed by atoms with Gasteiger partial charge in [0.25, 0.3) is 35.4 Å². The Bertz CT molecular complexity index is 3190. The van der Waals surface area contributed by atoms with Gasteiger partial charge in [-0.3, -0.25) is 106 Å². The number of rotatable bonds is 33. The summed E-state index contributed by atoms with van der Waals surface area (Å²) >= 11 is 3.35. The van der Waals surface area contributed by atoms with E-state index in [4.69, 9.17) is 39.6 Å². The van der Waals surface area contributed by atoms with Gasteiger partial charge < -0.3 is 64.9 Å². The van der Waals surface area contributed by atoms with Gasteiger partial charge in [0.2, 0.25) is 5.91 Å². The van der Waals surface area contributed by atoms with Gasteiger partial charge in [0, 0.05) is 193 Å². The fourth-order valence-corrected chi connectivity index (χ4v) is 12.6. The molecule has 121 heavy (non-hydrogen) atoms. The Balaban J connectivity index is 0.000000777. The zero-order valence-electron chi connectivity index (χ0n) is 74.1. The van der Waals surface area contributed by atoms with E-state index in [1.807, 2.05) is 114 Å². The first kappa shape index (κ1) is 111. The molecule has 0 atom stereocenters. The van der Waals surface area contributed by atoms with Crippen LogP contribution in [0.4, 0.5) is 0 Å². The van der Waals surface area contributed by atoms with E-state index >= 15 is 0 Å². The van der Waals surface area contributed by atoms with Gasteiger partial charge >= 0.3 is 47.8 Å². The Hall–Kier alpha value is -7.79. The van der Waals surface area contributed by atoms with Crippen LogP contribution in [-0.2, 0) is 100 Å². The van der Waals surface area contributed by atoms with Crippen molar-refractivity contribution in [3.05, 3.63) is 24.3 Å². The highest BCUT2D eigenvalue weighted by Gasteiger charge is 2.35. The summed E-state index contributed by atoms with van der Waals surface area (Å²) in [5.74, 6) is -6.80. The Morgan fingerprint density at radius 1 is 0.380 bits per heavy atom. The van der Waals surface area contributed by atoms with Gasteiger partial charge in [0.05, 0.1) is 45.7 Å². The topological polar surface area (TPSA) is 438 Å². The maximum Gasteiger partial charge on any atom is 0.335 e. The second-order valence-electron chi connectivity index (χ2n) is 34.7.